The van der Waals surface area contributed by atoms with Crippen LogP contribution in [-0.2, 0) is 37.5 Å². The maximum Gasteiger partial charge on any atom is 0.246 e. The summed E-state index contributed by atoms with van der Waals surface area (Å²) in [4.78, 5) is 40.3. The minimum atomic E-state index is -0.121. The number of aliphatic imine (C=N–C) groups is 1. The Morgan fingerprint density at radius 1 is 0.341 bits per heavy atom. The molecule has 22 aromatic rings. The van der Waals surface area contributed by atoms with Gasteiger partial charge in [-0.25, -0.2) is 43.3 Å². The van der Waals surface area contributed by atoms with E-state index in [1.807, 2.05) is 260 Å². The molecule has 0 unspecified atom stereocenters. The van der Waals surface area contributed by atoms with E-state index in [-0.39, 0.29) is 19.9 Å². The molecule has 1 amide bonds. The van der Waals surface area contributed by atoms with E-state index in [1.165, 1.54) is 16.7 Å². The van der Waals surface area contributed by atoms with Gasteiger partial charge in [-0.15, -0.1) is 25.5 Å². The van der Waals surface area contributed by atoms with Crippen molar-refractivity contribution in [1.82, 2.24) is 118 Å². The maximum absolute atomic E-state index is 12.0. The molecule has 1 aliphatic heterocycles. The number of imidazole rings is 4. The summed E-state index contributed by atoms with van der Waals surface area (Å²) in [6.45, 7) is 10.7. The summed E-state index contributed by atoms with van der Waals surface area (Å²) in [5, 5.41) is 46.2. The number of amides is 1. The molecule has 0 radical (unpaired) electrons. The summed E-state index contributed by atoms with van der Waals surface area (Å²) < 4.78 is 17.5. The Kier molecular flexibility index (Phi) is 25.5. The number of halogens is 1. The Bertz CT molecular complexity index is 7280. The van der Waals surface area contributed by atoms with E-state index >= 15 is 0 Å². The van der Waals surface area contributed by atoms with Gasteiger partial charge in [0.15, 0.2) is 11.6 Å². The molecule has 10 aromatic heterocycles. The number of benzene rings is 12. The van der Waals surface area contributed by atoms with Gasteiger partial charge in [-0.2, -0.15) is 0 Å². The number of para-hydroxylation sites is 9. The van der Waals surface area contributed by atoms with Crippen molar-refractivity contribution in [2.24, 2.45) is 4.99 Å². The summed E-state index contributed by atoms with van der Waals surface area (Å²) in [6.07, 6.45) is 14.5. The minimum Gasteiger partial charge on any atom is -0.324 e. The first-order chi connectivity index (χ1) is 64.3. The van der Waals surface area contributed by atoms with E-state index in [0.717, 1.165) is 164 Å². The van der Waals surface area contributed by atoms with Crippen LogP contribution in [0.2, 0.25) is 5.02 Å². The fourth-order valence-electron chi connectivity index (χ4n) is 15.3. The SMILES string of the molecule is C.Cc1ccc(-n2cc(Cn3c(-c4ccccc4)nc4ccccc43)nn2)cc1.Cc1ccc(-n2cc(Cn3c(-c4ccccc4)nc4ccccc43)nn2)cc1.Cc1ccc(-n2cc(Cn3c(-c4ccccn4)nc4ccccc43)nn2)cc1.Cc1ccc(NC(=O)Cn2nnc3ccccc32)cc1.Clc1ccc(-n2cc(Cn3c(C4=CCC=N4)nc4ccccc43)nn2)cc1. The smallest absolute Gasteiger partial charge is 0.246 e. The van der Waals surface area contributed by atoms with Crippen LogP contribution in [0, 0.1) is 27.7 Å². The van der Waals surface area contributed by atoms with Gasteiger partial charge in [-0.1, -0.05) is 243 Å². The molecular formula is C104H89ClN26O. The number of allylic oxidation sites excluding steroid dienone is 1. The summed E-state index contributed by atoms with van der Waals surface area (Å²) in [5.41, 5.74) is 26.7. The van der Waals surface area contributed by atoms with Crippen LogP contribution in [0.15, 0.2) is 364 Å². The highest BCUT2D eigenvalue weighted by molar-refractivity contribution is 6.30. The third-order valence-corrected chi connectivity index (χ3v) is 22.2. The lowest BCUT2D eigenvalue weighted by atomic mass is 10.2. The summed E-state index contributed by atoms with van der Waals surface area (Å²) >= 11 is 5.96. The summed E-state index contributed by atoms with van der Waals surface area (Å²) in [5.74, 6) is 3.43. The van der Waals surface area contributed by atoms with E-state index in [0.29, 0.717) is 31.2 Å². The third kappa shape index (κ3) is 19.7. The monoisotopic (exact) mass is 1750 g/mol. The lowest BCUT2D eigenvalue weighted by Crippen LogP contribution is -2.19. The molecule has 0 fully saturated rings. The molecule has 27 nitrogen and oxygen atoms in total. The normalized spacial score (nSPS) is 11.5. The van der Waals surface area contributed by atoms with Crippen LogP contribution in [0.3, 0.4) is 0 Å². The van der Waals surface area contributed by atoms with E-state index in [2.05, 4.69) is 221 Å². The Labute approximate surface area is 764 Å². The number of anilines is 1. The highest BCUT2D eigenvalue weighted by atomic mass is 35.5. The predicted molar refractivity (Wildman–Crippen MR) is 519 cm³/mol. The molecule has 0 saturated heterocycles. The topological polar surface area (TPSA) is 279 Å². The zero-order chi connectivity index (χ0) is 88.9. The molecule has 0 atom stereocenters. The number of fused-ring (bicyclic) bond motifs is 5. The van der Waals surface area contributed by atoms with Gasteiger partial charge in [0.1, 0.15) is 57.9 Å². The van der Waals surface area contributed by atoms with Crippen LogP contribution in [0.1, 0.15) is 64.7 Å². The van der Waals surface area contributed by atoms with Gasteiger partial charge in [-0.05, 0) is 179 Å². The first-order valence-corrected chi connectivity index (χ1v) is 43.0. The van der Waals surface area contributed by atoms with Gasteiger partial charge in [0.05, 0.1) is 123 Å². The van der Waals surface area contributed by atoms with Crippen LogP contribution < -0.4 is 5.32 Å². The Morgan fingerprint density at radius 2 is 0.682 bits per heavy atom. The number of hydrogen-bond donors (Lipinski definition) is 1. The first-order valence-electron chi connectivity index (χ1n) is 42.7. The Hall–Kier alpha value is -17.2. The quantitative estimate of drug-likeness (QED) is 0.0787. The average Bonchev–Trinajstić information content (AvgIpc) is 1.64. The van der Waals surface area contributed by atoms with E-state index in [4.69, 9.17) is 31.5 Å². The number of aryl methyl sites for hydroxylation is 4. The van der Waals surface area contributed by atoms with Crippen molar-refractivity contribution in [1.29, 1.82) is 0 Å². The number of hydrogen-bond acceptors (Lipinski definition) is 17. The second kappa shape index (κ2) is 39.4. The number of pyridine rings is 1. The van der Waals surface area contributed by atoms with Crippen molar-refractivity contribution >= 4 is 90.3 Å². The van der Waals surface area contributed by atoms with Crippen molar-refractivity contribution in [3.05, 3.63) is 414 Å². The second-order valence-electron chi connectivity index (χ2n) is 31.4. The van der Waals surface area contributed by atoms with Gasteiger partial charge >= 0.3 is 0 Å². The number of carbonyl (C=O) groups is 1. The molecule has 28 heteroatoms. The highest BCUT2D eigenvalue weighted by Gasteiger charge is 2.22. The summed E-state index contributed by atoms with van der Waals surface area (Å²) in [7, 11) is 0. The average molecular weight is 1750 g/mol. The van der Waals surface area contributed by atoms with Crippen molar-refractivity contribution < 1.29 is 4.79 Å². The van der Waals surface area contributed by atoms with Gasteiger partial charge in [-0.3, -0.25) is 14.8 Å². The molecule has 0 aliphatic carbocycles. The molecule has 12 aromatic carbocycles. The van der Waals surface area contributed by atoms with Crippen LogP contribution >= 0.6 is 11.6 Å². The van der Waals surface area contributed by atoms with Gasteiger partial charge in [0, 0.05) is 40.7 Å². The molecule has 648 valence electrons. The molecule has 1 aliphatic rings. The molecule has 1 N–H and O–H groups in total. The van der Waals surface area contributed by atoms with Gasteiger partial charge < -0.3 is 23.6 Å². The Balaban J connectivity index is 0.000000111. The zero-order valence-corrected chi connectivity index (χ0v) is 72.6. The number of nitrogens with one attached hydrogen (secondary N) is 1. The van der Waals surface area contributed by atoms with Crippen LogP contribution in [0.25, 0.3) is 118 Å². The third-order valence-electron chi connectivity index (χ3n) is 21.9. The lowest BCUT2D eigenvalue weighted by molar-refractivity contribution is -0.116. The van der Waals surface area contributed by atoms with E-state index in [1.54, 1.807) is 20.2 Å². The largest absolute Gasteiger partial charge is 0.324 e. The van der Waals surface area contributed by atoms with Crippen molar-refractivity contribution in [2.75, 3.05) is 5.32 Å². The highest BCUT2D eigenvalue weighted by Crippen LogP contribution is 2.32. The molecule has 132 heavy (non-hydrogen) atoms. The van der Waals surface area contributed by atoms with E-state index < -0.39 is 0 Å². The minimum absolute atomic E-state index is 0. The molecule has 0 bridgehead atoms. The van der Waals surface area contributed by atoms with Gasteiger partial charge in [0.25, 0.3) is 0 Å². The zero-order valence-electron chi connectivity index (χ0n) is 71.9. The number of aromatic nitrogens is 24. The van der Waals surface area contributed by atoms with Crippen LogP contribution in [0.4, 0.5) is 5.69 Å². The predicted octanol–water partition coefficient (Wildman–Crippen LogP) is 20.5. The lowest BCUT2D eigenvalue weighted by Gasteiger charge is -2.07. The van der Waals surface area contributed by atoms with Crippen molar-refractivity contribution in [3.63, 3.8) is 0 Å². The molecule has 11 heterocycles. The number of nitrogens with zero attached hydrogens (tertiary/aromatic N) is 25. The molecular weight excluding hydrogens is 1660 g/mol. The number of rotatable bonds is 19. The number of carbonyl (C=O) groups excluding carboxylic acids is 1. The van der Waals surface area contributed by atoms with Crippen molar-refractivity contribution in [3.8, 4) is 57.0 Å². The molecule has 0 spiro atoms. The first kappa shape index (κ1) is 85.6. The fourth-order valence-corrected chi connectivity index (χ4v) is 15.4. The van der Waals surface area contributed by atoms with Gasteiger partial charge in [0.2, 0.25) is 5.91 Å². The fraction of sp³-hybridized carbons (Fsp3) is 0.106. The standard InChI is InChI=1S/2C23H19N5.C22H18N6.C20H15ClN6.C15H14N4O.CH4/c2*1-17-11-13-20(14-12-17)28-16-19(25-26-28)15-27-22-10-6-5-9-21(22)24-23(27)18-7-3-2-4-8-18;1-16-9-11-18(12-10-16)28-15-17(25-26-28)14-27-21-8-3-2-6-19(21)24-22(27)20-7-4-5-13-23-20;21-14-7-9-16(10-8-14)27-13-15(24-25-27)12-26-19-6-2-1-4-17(19)23-20(26)18-5-3-11-22-18;1-11-6-8-12(9-7-11)16-15(20)10-19-14-5-3-2-4-13(14)17-18-19;/h2*2-14,16H,15H2,1H3;2-13,15H,14H2,1H3;1-2,4-11,13H,3,12H2;2-9H,10H2,1H3,(H,16,20);1H4. The Morgan fingerprint density at radius 3 is 1.08 bits per heavy atom. The molecule has 0 saturated carbocycles. The molecule has 23 rings (SSSR count). The van der Waals surface area contributed by atoms with Crippen LogP contribution in [0.5, 0.6) is 0 Å². The second-order valence-corrected chi connectivity index (χ2v) is 31.8. The summed E-state index contributed by atoms with van der Waals surface area (Å²) in [6, 6.07) is 106. The van der Waals surface area contributed by atoms with Crippen LogP contribution in [-0.4, -0.2) is 130 Å². The van der Waals surface area contributed by atoms with E-state index in [9.17, 15) is 4.79 Å². The van der Waals surface area contributed by atoms with Crippen molar-refractivity contribution in [2.45, 2.75) is 74.3 Å². The maximum atomic E-state index is 12.0.